The third-order valence-corrected chi connectivity index (χ3v) is 7.28. The average molecular weight is 436 g/mol. The number of aliphatic carboxylic acids is 1. The van der Waals surface area contributed by atoms with E-state index in [2.05, 4.69) is 22.3 Å². The van der Waals surface area contributed by atoms with Crippen LogP contribution in [0.5, 0.6) is 0 Å². The van der Waals surface area contributed by atoms with Gasteiger partial charge >= 0.3 is 5.97 Å². The van der Waals surface area contributed by atoms with Gasteiger partial charge < -0.3 is 15.2 Å². The first-order chi connectivity index (χ1) is 15.7. The molecular formula is C26H33N3O3. The maximum atomic E-state index is 12.0. The third-order valence-electron chi connectivity index (χ3n) is 7.28. The first-order valence-electron chi connectivity index (χ1n) is 12.1. The molecular weight excluding hydrogens is 402 g/mol. The first-order valence-corrected chi connectivity index (χ1v) is 12.1. The minimum atomic E-state index is -0.788. The van der Waals surface area contributed by atoms with E-state index in [1.165, 1.54) is 17.7 Å². The molecule has 3 aliphatic rings. The number of hydrogen-bond acceptors (Lipinski definition) is 5. The number of benzene rings is 1. The number of pyridine rings is 1. The lowest BCUT2D eigenvalue weighted by Crippen LogP contribution is -2.34. The van der Waals surface area contributed by atoms with Crippen molar-refractivity contribution >= 4 is 11.8 Å². The van der Waals surface area contributed by atoms with E-state index in [4.69, 9.17) is 9.72 Å². The molecule has 0 unspecified atom stereocenters. The van der Waals surface area contributed by atoms with E-state index < -0.39 is 12.0 Å². The summed E-state index contributed by atoms with van der Waals surface area (Å²) in [5.41, 5.74) is 3.40. The van der Waals surface area contributed by atoms with Crippen molar-refractivity contribution in [3.8, 4) is 0 Å². The summed E-state index contributed by atoms with van der Waals surface area (Å²) in [5.74, 6) is 0.812. The smallest absolute Gasteiger partial charge is 0.325 e. The summed E-state index contributed by atoms with van der Waals surface area (Å²) < 4.78 is 6.46. The molecule has 2 N–H and O–H groups in total. The number of anilines is 1. The van der Waals surface area contributed by atoms with Crippen molar-refractivity contribution < 1.29 is 14.6 Å². The second kappa shape index (κ2) is 9.59. The zero-order chi connectivity index (χ0) is 21.9. The van der Waals surface area contributed by atoms with Gasteiger partial charge in [0.15, 0.2) is 0 Å². The van der Waals surface area contributed by atoms with Crippen molar-refractivity contribution in [2.75, 3.05) is 25.0 Å². The number of ether oxygens (including phenoxy) is 1. The molecule has 6 nitrogen and oxygen atoms in total. The summed E-state index contributed by atoms with van der Waals surface area (Å²) in [6.07, 6.45) is 7.91. The SMILES string of the molecule is O=C(O)[C@@H](c1ccccc1)N1CC[C@@H](O[C@H]2CC[C@H](c3ccc4c(n3)NCCC4)CC2)C1. The number of aromatic nitrogens is 1. The number of aryl methyl sites for hydroxylation is 1. The molecule has 0 spiro atoms. The quantitative estimate of drug-likeness (QED) is 0.701. The average Bonchev–Trinajstić information content (AvgIpc) is 3.27. The zero-order valence-corrected chi connectivity index (χ0v) is 18.6. The van der Waals surface area contributed by atoms with Crippen molar-refractivity contribution in [3.05, 3.63) is 59.3 Å². The van der Waals surface area contributed by atoms with E-state index in [-0.39, 0.29) is 12.2 Å². The van der Waals surface area contributed by atoms with Crippen molar-refractivity contribution in [2.45, 2.75) is 69.1 Å². The molecule has 1 aromatic heterocycles. The van der Waals surface area contributed by atoms with Gasteiger partial charge in [0.1, 0.15) is 11.9 Å². The van der Waals surface area contributed by atoms with Gasteiger partial charge in [-0.15, -0.1) is 0 Å². The van der Waals surface area contributed by atoms with Gasteiger partial charge in [0, 0.05) is 31.2 Å². The maximum Gasteiger partial charge on any atom is 0.325 e. The van der Waals surface area contributed by atoms with Crippen LogP contribution in [0.15, 0.2) is 42.5 Å². The van der Waals surface area contributed by atoms with Gasteiger partial charge in [0.2, 0.25) is 0 Å². The zero-order valence-electron chi connectivity index (χ0n) is 18.6. The summed E-state index contributed by atoms with van der Waals surface area (Å²) in [4.78, 5) is 18.9. The van der Waals surface area contributed by atoms with Crippen molar-refractivity contribution in [1.82, 2.24) is 9.88 Å². The highest BCUT2D eigenvalue weighted by atomic mass is 16.5. The molecule has 0 radical (unpaired) electrons. The number of carboxylic acids is 1. The van der Waals surface area contributed by atoms with E-state index in [1.54, 1.807) is 0 Å². The van der Waals surface area contributed by atoms with E-state index in [9.17, 15) is 9.90 Å². The van der Waals surface area contributed by atoms with Crippen LogP contribution in [-0.2, 0) is 16.0 Å². The molecule has 170 valence electrons. The van der Waals surface area contributed by atoms with E-state index in [1.807, 2.05) is 30.3 Å². The Kier molecular flexibility index (Phi) is 6.42. The fourth-order valence-corrected chi connectivity index (χ4v) is 5.58. The first kappa shape index (κ1) is 21.4. The molecule has 32 heavy (non-hydrogen) atoms. The van der Waals surface area contributed by atoms with Gasteiger partial charge in [0.25, 0.3) is 0 Å². The third kappa shape index (κ3) is 4.66. The fourth-order valence-electron chi connectivity index (χ4n) is 5.58. The highest BCUT2D eigenvalue weighted by molar-refractivity contribution is 5.75. The maximum absolute atomic E-state index is 12.0. The summed E-state index contributed by atoms with van der Waals surface area (Å²) in [6, 6.07) is 13.4. The Labute approximate surface area is 190 Å². The molecule has 2 atom stereocenters. The van der Waals surface area contributed by atoms with E-state index in [0.29, 0.717) is 12.5 Å². The standard InChI is InChI=1S/C26H33N3O3/c30-26(31)24(19-5-2-1-3-6-19)29-16-14-22(17-29)32-21-11-8-18(9-12-21)23-13-10-20-7-4-15-27-25(20)28-23/h1-3,5-6,10,13,18,21-22,24H,4,7-9,11-12,14-17H2,(H,27,28)(H,30,31)/t18-,21-,22-,24-/m1/s1. The lowest BCUT2D eigenvalue weighted by atomic mass is 9.84. The van der Waals surface area contributed by atoms with E-state index in [0.717, 1.165) is 63.0 Å². The van der Waals surface area contributed by atoms with Crippen LogP contribution in [0.3, 0.4) is 0 Å². The molecule has 1 aromatic carbocycles. The minimum Gasteiger partial charge on any atom is -0.480 e. The molecule has 1 aliphatic carbocycles. The number of carboxylic acid groups (broad SMARTS) is 1. The van der Waals surface area contributed by atoms with Crippen LogP contribution in [0.2, 0.25) is 0 Å². The number of rotatable bonds is 6. The topological polar surface area (TPSA) is 74.7 Å². The number of nitrogens with one attached hydrogen (secondary N) is 1. The van der Waals surface area contributed by atoms with Gasteiger partial charge in [-0.25, -0.2) is 4.98 Å². The largest absolute Gasteiger partial charge is 0.480 e. The molecule has 3 heterocycles. The highest BCUT2D eigenvalue weighted by Crippen LogP contribution is 2.36. The second-order valence-corrected chi connectivity index (χ2v) is 9.44. The Morgan fingerprint density at radius 2 is 1.88 bits per heavy atom. The minimum absolute atomic E-state index is 0.119. The monoisotopic (exact) mass is 435 g/mol. The Hall–Kier alpha value is -2.44. The Morgan fingerprint density at radius 3 is 2.66 bits per heavy atom. The van der Waals surface area contributed by atoms with Crippen LogP contribution in [0.25, 0.3) is 0 Å². The molecule has 6 heteroatoms. The summed E-state index contributed by atoms with van der Waals surface area (Å²) in [5, 5.41) is 13.3. The van der Waals surface area contributed by atoms with Crippen LogP contribution >= 0.6 is 0 Å². The molecule has 2 aliphatic heterocycles. The van der Waals surface area contributed by atoms with Gasteiger partial charge in [-0.1, -0.05) is 36.4 Å². The fraction of sp³-hybridized carbons (Fsp3) is 0.538. The number of carbonyl (C=O) groups is 1. The Morgan fingerprint density at radius 1 is 1.06 bits per heavy atom. The summed E-state index contributed by atoms with van der Waals surface area (Å²) in [6.45, 7) is 2.47. The molecule has 2 fully saturated rings. The van der Waals surface area contributed by atoms with Gasteiger partial charge in [-0.05, 0) is 62.1 Å². The van der Waals surface area contributed by atoms with Crippen LogP contribution in [0.1, 0.15) is 67.3 Å². The predicted octanol–water partition coefficient (Wildman–Crippen LogP) is 4.38. The van der Waals surface area contributed by atoms with Crippen LogP contribution in [0.4, 0.5) is 5.82 Å². The van der Waals surface area contributed by atoms with Crippen LogP contribution in [0, 0.1) is 0 Å². The van der Waals surface area contributed by atoms with Crippen molar-refractivity contribution in [1.29, 1.82) is 0 Å². The van der Waals surface area contributed by atoms with Crippen LogP contribution in [-0.4, -0.2) is 52.8 Å². The van der Waals surface area contributed by atoms with Crippen LogP contribution < -0.4 is 5.32 Å². The molecule has 0 amide bonds. The molecule has 2 aromatic rings. The molecule has 1 saturated heterocycles. The van der Waals surface area contributed by atoms with E-state index >= 15 is 0 Å². The Balaban J connectivity index is 1.14. The van der Waals surface area contributed by atoms with Gasteiger partial charge in [-0.2, -0.15) is 0 Å². The van der Waals surface area contributed by atoms with Crippen molar-refractivity contribution in [3.63, 3.8) is 0 Å². The Bertz CT molecular complexity index is 927. The normalized spacial score (nSPS) is 26.8. The summed E-state index contributed by atoms with van der Waals surface area (Å²) in [7, 11) is 0. The number of fused-ring (bicyclic) bond motifs is 1. The van der Waals surface area contributed by atoms with Gasteiger partial charge in [0.05, 0.1) is 12.2 Å². The van der Waals surface area contributed by atoms with Crippen molar-refractivity contribution in [2.24, 2.45) is 0 Å². The lowest BCUT2D eigenvalue weighted by Gasteiger charge is -2.31. The molecule has 0 bridgehead atoms. The summed E-state index contributed by atoms with van der Waals surface area (Å²) >= 11 is 0. The van der Waals surface area contributed by atoms with Gasteiger partial charge in [-0.3, -0.25) is 9.69 Å². The lowest BCUT2D eigenvalue weighted by molar-refractivity contribution is -0.143. The molecule has 1 saturated carbocycles. The predicted molar refractivity (Wildman–Crippen MR) is 124 cm³/mol. The molecule has 5 rings (SSSR count). The number of likely N-dealkylation sites (tertiary alicyclic amines) is 1. The number of hydrogen-bond donors (Lipinski definition) is 2. The second-order valence-electron chi connectivity index (χ2n) is 9.44. The number of nitrogens with zero attached hydrogens (tertiary/aromatic N) is 2. The highest BCUT2D eigenvalue weighted by Gasteiger charge is 2.35.